The molecule has 0 spiro atoms. The quantitative estimate of drug-likeness (QED) is 0.0483. The second-order valence-corrected chi connectivity index (χ2v) is 20.2. The molecule has 0 aromatic heterocycles. The minimum atomic E-state index is -0.997. The van der Waals surface area contributed by atoms with Crippen LogP contribution >= 0.6 is 0 Å². The lowest BCUT2D eigenvalue weighted by atomic mass is 9.89. The van der Waals surface area contributed by atoms with E-state index in [1.165, 1.54) is 26.2 Å². The lowest BCUT2D eigenvalue weighted by molar-refractivity contribution is -0.149. The molecule has 426 valence electrons. The number of esters is 1. The summed E-state index contributed by atoms with van der Waals surface area (Å²) in [6.45, 7) is 16.8. The first-order valence-corrected chi connectivity index (χ1v) is 26.6. The molecule has 1 heterocycles. The van der Waals surface area contributed by atoms with Gasteiger partial charge < -0.3 is 65.4 Å². The molecule has 1 fully saturated rings. The summed E-state index contributed by atoms with van der Waals surface area (Å²) < 4.78 is 27.6. The van der Waals surface area contributed by atoms with Crippen LogP contribution in [0.5, 0.6) is 0 Å². The van der Waals surface area contributed by atoms with Crippen LogP contribution in [0.4, 0.5) is 0 Å². The Hall–Kier alpha value is -5.22. The van der Waals surface area contributed by atoms with Gasteiger partial charge in [0.2, 0.25) is 41.4 Å². The van der Waals surface area contributed by atoms with E-state index in [2.05, 4.69) is 21.3 Å². The van der Waals surface area contributed by atoms with Crippen molar-refractivity contribution in [2.24, 2.45) is 29.4 Å². The van der Waals surface area contributed by atoms with Crippen LogP contribution in [-0.2, 0) is 68.5 Å². The van der Waals surface area contributed by atoms with Crippen LogP contribution in [0.25, 0.3) is 0 Å². The van der Waals surface area contributed by atoms with Gasteiger partial charge in [0.25, 0.3) is 0 Å². The van der Waals surface area contributed by atoms with Crippen LogP contribution < -0.4 is 27.0 Å². The molecule has 0 aliphatic carbocycles. The number of carbonyl (C=O) groups excluding carboxylic acids is 8. The van der Waals surface area contributed by atoms with Gasteiger partial charge in [-0.15, -0.1) is 0 Å². The molecule has 0 radical (unpaired) electrons. The van der Waals surface area contributed by atoms with Crippen LogP contribution in [0, 0.1) is 23.7 Å². The van der Waals surface area contributed by atoms with Crippen molar-refractivity contribution in [1.29, 1.82) is 0 Å². The molecule has 75 heavy (non-hydrogen) atoms. The minimum absolute atomic E-state index is 0.0225. The number of likely N-dealkylation sites (tertiary alicyclic amines) is 1. The van der Waals surface area contributed by atoms with E-state index < -0.39 is 78.1 Å². The fourth-order valence-corrected chi connectivity index (χ4v) is 9.58. The van der Waals surface area contributed by atoms with E-state index >= 15 is 0 Å². The van der Waals surface area contributed by atoms with Crippen LogP contribution in [0.2, 0.25) is 0 Å². The molecule has 1 saturated heterocycles. The third kappa shape index (κ3) is 21.0. The van der Waals surface area contributed by atoms with Gasteiger partial charge >= 0.3 is 5.97 Å². The summed E-state index contributed by atoms with van der Waals surface area (Å²) in [6.07, 6.45) is 0.947. The Morgan fingerprint density at radius 1 is 0.773 bits per heavy atom. The summed E-state index contributed by atoms with van der Waals surface area (Å²) in [5.74, 6) is -4.82. The van der Waals surface area contributed by atoms with Crippen molar-refractivity contribution in [3.63, 3.8) is 0 Å². The highest BCUT2D eigenvalue weighted by Crippen LogP contribution is 2.30. The summed E-state index contributed by atoms with van der Waals surface area (Å²) in [5.41, 5.74) is 6.22. The maximum absolute atomic E-state index is 14.7. The lowest BCUT2D eigenvalue weighted by Crippen LogP contribution is -2.60. The van der Waals surface area contributed by atoms with Crippen molar-refractivity contribution in [2.45, 2.75) is 155 Å². The molecule has 2 rings (SSSR count). The van der Waals surface area contributed by atoms with Crippen molar-refractivity contribution >= 4 is 47.3 Å². The number of nitrogens with two attached hydrogens (primary N) is 1. The van der Waals surface area contributed by atoms with Crippen molar-refractivity contribution < 1.29 is 62.0 Å². The largest absolute Gasteiger partial charge is 0.467 e. The maximum Gasteiger partial charge on any atom is 0.328 e. The van der Waals surface area contributed by atoms with Gasteiger partial charge in [-0.3, -0.25) is 33.6 Å². The normalized spacial score (nSPS) is 17.1. The van der Waals surface area contributed by atoms with Crippen LogP contribution in [-0.4, -0.2) is 192 Å². The minimum Gasteiger partial charge on any atom is -0.467 e. The highest BCUT2D eigenvalue weighted by molar-refractivity contribution is 5.93. The Kier molecular flexibility index (Phi) is 30.3. The monoisotopic (exact) mass is 1060 g/mol. The highest BCUT2D eigenvalue weighted by Gasteiger charge is 2.44. The molecule has 10 atom stereocenters. The Balaban J connectivity index is 2.12. The number of benzene rings is 1. The number of methoxy groups -OCH3 is 3. The number of hydrogen-bond donors (Lipinski definition) is 5. The molecule has 21 heteroatoms. The van der Waals surface area contributed by atoms with E-state index in [0.29, 0.717) is 52.2 Å². The van der Waals surface area contributed by atoms with E-state index in [-0.39, 0.29) is 86.6 Å². The summed E-state index contributed by atoms with van der Waals surface area (Å²) in [7, 11) is 7.47. The van der Waals surface area contributed by atoms with E-state index in [1.807, 2.05) is 71.9 Å². The number of carbonyl (C=O) groups is 8. The topological polar surface area (TPSA) is 267 Å². The Morgan fingerprint density at radius 2 is 1.43 bits per heavy atom. The number of hydrogen-bond acceptors (Lipinski definition) is 14. The predicted octanol–water partition coefficient (Wildman–Crippen LogP) is 2.21. The first-order valence-electron chi connectivity index (χ1n) is 26.6. The van der Waals surface area contributed by atoms with E-state index in [4.69, 9.17) is 29.4 Å². The van der Waals surface area contributed by atoms with E-state index in [0.717, 1.165) is 5.56 Å². The van der Waals surface area contributed by atoms with Crippen molar-refractivity contribution in [2.75, 3.05) is 81.5 Å². The fraction of sp³-hybridized carbons (Fsp3) is 0.741. The molecule has 1 aromatic rings. The van der Waals surface area contributed by atoms with Gasteiger partial charge in [0.05, 0.1) is 70.2 Å². The van der Waals surface area contributed by atoms with E-state index in [9.17, 15) is 38.4 Å². The second-order valence-electron chi connectivity index (χ2n) is 20.2. The van der Waals surface area contributed by atoms with Gasteiger partial charge in [-0.05, 0) is 49.5 Å². The summed E-state index contributed by atoms with van der Waals surface area (Å²) in [4.78, 5) is 113. The number of likely N-dealkylation sites (N-methyl/N-ethyl adjacent to an activating group) is 2. The second kappa shape index (κ2) is 34.4. The van der Waals surface area contributed by atoms with Gasteiger partial charge in [0.15, 0.2) is 0 Å². The first kappa shape index (κ1) is 65.9. The summed E-state index contributed by atoms with van der Waals surface area (Å²) in [5, 5.41) is 11.2. The average molecular weight is 1060 g/mol. The van der Waals surface area contributed by atoms with Gasteiger partial charge in [0, 0.05) is 67.2 Å². The molecule has 6 N–H and O–H groups in total. The summed E-state index contributed by atoms with van der Waals surface area (Å²) >= 11 is 0. The molecule has 21 nitrogen and oxygen atoms in total. The number of nitrogens with zero attached hydrogens (tertiary/aromatic N) is 3. The molecular formula is C54H92N8O13. The smallest absolute Gasteiger partial charge is 0.328 e. The van der Waals surface area contributed by atoms with Gasteiger partial charge in [-0.2, -0.15) is 0 Å². The van der Waals surface area contributed by atoms with Crippen molar-refractivity contribution in [3.05, 3.63) is 35.9 Å². The number of rotatable bonds is 35. The summed E-state index contributed by atoms with van der Waals surface area (Å²) in [6, 6.07) is 4.56. The van der Waals surface area contributed by atoms with Gasteiger partial charge in [-0.1, -0.05) is 85.2 Å². The zero-order valence-electron chi connectivity index (χ0n) is 47.1. The zero-order chi connectivity index (χ0) is 56.4. The fourth-order valence-electron chi connectivity index (χ4n) is 9.58. The third-order valence-electron chi connectivity index (χ3n) is 14.0. The van der Waals surface area contributed by atoms with Crippen molar-refractivity contribution in [3.8, 4) is 0 Å². The van der Waals surface area contributed by atoms with Gasteiger partial charge in [-0.25, -0.2) is 4.79 Å². The van der Waals surface area contributed by atoms with E-state index in [1.54, 1.807) is 37.7 Å². The average Bonchev–Trinajstić information content (AvgIpc) is 3.87. The molecule has 1 aromatic carbocycles. The Labute approximate surface area is 446 Å². The molecular weight excluding hydrogens is 969 g/mol. The van der Waals surface area contributed by atoms with Crippen molar-refractivity contribution in [1.82, 2.24) is 36.0 Å². The number of ether oxygens (including phenoxy) is 5. The lowest BCUT2D eigenvalue weighted by Gasteiger charge is -2.41. The standard InChI is InChI=1S/C54H92N8O13/c1-14-36(6)48(42(71-11)33-45(65)62-27-19-22-41(62)49(72-12)37(7)50(66)58-40(54(70)73-13)32-39-20-16-15-17-21-39)61(10)53(69)46(34(2)3)59-52(68)47(35(4)5)60(9)44(64)23-18-26-56-51(67)38(8)57-43(63)24-28-74-30-31-75-29-25-55/h15-17,20-21,34-38,40-42,46-49H,14,18-19,22-33,55H2,1-13H3,(H,56,67)(H,57,63)(H,58,66)(H,59,68)/t36-,37+,38?,40-,41-,42+,46-,47-,48-,49+/m0/s1. The highest BCUT2D eigenvalue weighted by atomic mass is 16.5. The molecule has 0 bridgehead atoms. The SMILES string of the molecule is CC[C@H](C)[C@@H]([C@@H](CC(=O)N1CCC[C@H]1[C@H](OC)[C@@H](C)C(=O)N[C@@H](Cc1ccccc1)C(=O)OC)OC)N(C)C(=O)[C@@H](NC(=O)[C@H](C(C)C)N(C)C(=O)CCCNC(=O)C(C)NC(=O)CCOCCOCCN)C(C)C. The molecule has 0 saturated carbocycles. The molecule has 1 aliphatic heterocycles. The number of amides is 7. The first-order chi connectivity index (χ1) is 35.6. The Bertz CT molecular complexity index is 1940. The van der Waals surface area contributed by atoms with Crippen LogP contribution in [0.3, 0.4) is 0 Å². The van der Waals surface area contributed by atoms with Gasteiger partial charge in [0.1, 0.15) is 24.2 Å². The zero-order valence-corrected chi connectivity index (χ0v) is 47.1. The molecule has 7 amide bonds. The molecule has 1 unspecified atom stereocenters. The molecule has 1 aliphatic rings. The third-order valence-corrected chi connectivity index (χ3v) is 14.0. The number of nitrogens with one attached hydrogen (secondary N) is 4. The Morgan fingerprint density at radius 3 is 2.00 bits per heavy atom. The predicted molar refractivity (Wildman–Crippen MR) is 284 cm³/mol. The van der Waals surface area contributed by atoms with Crippen LogP contribution in [0.15, 0.2) is 30.3 Å². The van der Waals surface area contributed by atoms with Crippen LogP contribution in [0.1, 0.15) is 106 Å². The maximum atomic E-state index is 14.7.